The molecule has 0 radical (unpaired) electrons. The molecule has 1 aliphatic rings. The topological polar surface area (TPSA) is 123 Å². The van der Waals surface area contributed by atoms with E-state index < -0.39 is 23.9 Å². The Morgan fingerprint density at radius 3 is 2.33 bits per heavy atom. The Morgan fingerprint density at radius 2 is 1.67 bits per heavy atom. The fourth-order valence-corrected chi connectivity index (χ4v) is 2.83. The molecule has 1 aromatic rings. The number of hydrazine groups is 1. The summed E-state index contributed by atoms with van der Waals surface area (Å²) >= 11 is 0. The normalized spacial score (nSPS) is 12.8. The number of rotatable bonds is 7. The Morgan fingerprint density at radius 1 is 0.970 bits per heavy atom. The van der Waals surface area contributed by atoms with E-state index in [4.69, 9.17) is 14.2 Å². The molecule has 1 aromatic carbocycles. The lowest BCUT2D eigenvalue weighted by atomic mass is 10.1. The number of hydrogen-bond donors (Lipinski definition) is 2. The number of methoxy groups -OCH3 is 2. The lowest BCUT2D eigenvalue weighted by molar-refractivity contribution is -0.139. The second-order valence-electron chi connectivity index (χ2n) is 7.23. The number of anilines is 1. The number of para-hydroxylation sites is 1. The van der Waals surface area contributed by atoms with Gasteiger partial charge < -0.3 is 19.1 Å². The van der Waals surface area contributed by atoms with E-state index in [1.807, 2.05) is 13.8 Å². The van der Waals surface area contributed by atoms with Gasteiger partial charge in [0, 0.05) is 6.20 Å². The molecule has 2 N–H and O–H groups in total. The summed E-state index contributed by atoms with van der Waals surface area (Å²) in [6.45, 7) is 4.20. The molecule has 0 saturated carbocycles. The van der Waals surface area contributed by atoms with Crippen molar-refractivity contribution < 1.29 is 33.4 Å². The zero-order valence-electron chi connectivity index (χ0n) is 18.9. The molecule has 2 rings (SSSR count). The summed E-state index contributed by atoms with van der Waals surface area (Å²) in [5.74, 6) is -1.87. The van der Waals surface area contributed by atoms with Crippen molar-refractivity contribution >= 4 is 29.6 Å². The third kappa shape index (κ3) is 6.70. The van der Waals surface area contributed by atoms with Gasteiger partial charge in [0.2, 0.25) is 0 Å². The summed E-state index contributed by atoms with van der Waals surface area (Å²) < 4.78 is 14.7. The van der Waals surface area contributed by atoms with E-state index in [1.54, 1.807) is 30.4 Å². The highest BCUT2D eigenvalue weighted by Crippen LogP contribution is 2.29. The van der Waals surface area contributed by atoms with Crippen molar-refractivity contribution in [3.8, 4) is 0 Å². The number of allylic oxidation sites excluding steroid dienone is 2. The minimum Gasteiger partial charge on any atom is -0.465 e. The first kappa shape index (κ1) is 25.2. The van der Waals surface area contributed by atoms with Gasteiger partial charge in [0.05, 0.1) is 37.7 Å². The summed E-state index contributed by atoms with van der Waals surface area (Å²) in [5.41, 5.74) is 4.64. The third-order valence-electron chi connectivity index (χ3n) is 4.50. The van der Waals surface area contributed by atoms with E-state index in [2.05, 4.69) is 10.9 Å². The smallest absolute Gasteiger partial charge is 0.426 e. The molecule has 0 atom stereocenters. The van der Waals surface area contributed by atoms with Crippen LogP contribution >= 0.6 is 0 Å². The van der Waals surface area contributed by atoms with Gasteiger partial charge in [-0.3, -0.25) is 10.2 Å². The van der Waals surface area contributed by atoms with Crippen molar-refractivity contribution in [2.75, 3.05) is 25.7 Å². The molecule has 1 heterocycles. The zero-order valence-corrected chi connectivity index (χ0v) is 18.9. The largest absolute Gasteiger partial charge is 0.465 e. The second kappa shape index (κ2) is 12.1. The van der Waals surface area contributed by atoms with Gasteiger partial charge in [0.25, 0.3) is 5.91 Å². The van der Waals surface area contributed by atoms with E-state index >= 15 is 0 Å². The van der Waals surface area contributed by atoms with Gasteiger partial charge in [-0.2, -0.15) is 0 Å². The molecule has 2 amide bonds. The van der Waals surface area contributed by atoms with Crippen LogP contribution in [0.15, 0.2) is 60.0 Å². The molecule has 0 unspecified atom stereocenters. The highest BCUT2D eigenvalue weighted by molar-refractivity contribution is 6.07. The average molecular weight is 457 g/mol. The maximum Gasteiger partial charge on any atom is 0.426 e. The van der Waals surface area contributed by atoms with Gasteiger partial charge in [-0.05, 0) is 36.6 Å². The number of esters is 2. The van der Waals surface area contributed by atoms with Crippen LogP contribution in [-0.4, -0.2) is 44.8 Å². The fraction of sp³-hybridized carbons (Fsp3) is 0.304. The second-order valence-corrected chi connectivity index (χ2v) is 7.23. The Labute approximate surface area is 191 Å². The van der Waals surface area contributed by atoms with Crippen LogP contribution in [0, 0.1) is 5.92 Å². The van der Waals surface area contributed by atoms with Crippen molar-refractivity contribution in [2.24, 2.45) is 5.92 Å². The number of ether oxygens (including phenoxy) is 3. The third-order valence-corrected chi connectivity index (χ3v) is 4.50. The minimum atomic E-state index is -0.811. The molecule has 10 nitrogen and oxygen atoms in total. The van der Waals surface area contributed by atoms with Gasteiger partial charge in [0.15, 0.2) is 0 Å². The Hall–Kier alpha value is -4.08. The first-order chi connectivity index (χ1) is 15.8. The van der Waals surface area contributed by atoms with Gasteiger partial charge in [-0.25, -0.2) is 19.8 Å². The molecular weight excluding hydrogens is 430 g/mol. The number of benzene rings is 1. The summed E-state index contributed by atoms with van der Waals surface area (Å²) in [5, 5.41) is 0. The number of carbonyl (C=O) groups excluding carboxylic acids is 4. The summed E-state index contributed by atoms with van der Waals surface area (Å²) in [4.78, 5) is 50.9. The van der Waals surface area contributed by atoms with Crippen LogP contribution in [0.4, 0.5) is 10.5 Å². The molecule has 1 aliphatic heterocycles. The van der Waals surface area contributed by atoms with Crippen molar-refractivity contribution in [3.63, 3.8) is 0 Å². The zero-order chi connectivity index (χ0) is 24.4. The first-order valence-electron chi connectivity index (χ1n) is 10.2. The predicted octanol–water partition coefficient (Wildman–Crippen LogP) is 2.59. The number of nitrogens with zero attached hydrogens (tertiary/aromatic N) is 1. The van der Waals surface area contributed by atoms with Crippen LogP contribution < -0.4 is 15.8 Å². The quantitative estimate of drug-likeness (QED) is 0.364. The number of hydrogen-bond acceptors (Lipinski definition) is 8. The van der Waals surface area contributed by atoms with E-state index in [0.29, 0.717) is 12.3 Å². The molecule has 33 heavy (non-hydrogen) atoms. The molecule has 0 spiro atoms. The van der Waals surface area contributed by atoms with E-state index in [1.165, 1.54) is 37.5 Å². The lowest BCUT2D eigenvalue weighted by Gasteiger charge is -2.25. The first-order valence-corrected chi connectivity index (χ1v) is 10.2. The molecule has 0 bridgehead atoms. The SMILES string of the molecule is COC(=O)C1=C(C(=O)OC)N(c2ccccc2C(=O)NNC(=O)OCCC(C)C)C=CC=C1. The average Bonchev–Trinajstić information content (AvgIpc) is 3.04. The Balaban J connectivity index is 2.34. The Kier molecular flexibility index (Phi) is 9.22. The van der Waals surface area contributed by atoms with Gasteiger partial charge >= 0.3 is 18.0 Å². The summed E-state index contributed by atoms with van der Waals surface area (Å²) in [6, 6.07) is 6.33. The minimum absolute atomic E-state index is 0.0589. The van der Waals surface area contributed by atoms with Crippen LogP contribution in [0.2, 0.25) is 0 Å². The maximum absolute atomic E-state index is 12.8. The van der Waals surface area contributed by atoms with Crippen LogP contribution in [-0.2, 0) is 23.8 Å². The summed E-state index contributed by atoms with van der Waals surface area (Å²) in [7, 11) is 2.36. The highest BCUT2D eigenvalue weighted by Gasteiger charge is 2.29. The van der Waals surface area contributed by atoms with Crippen molar-refractivity contribution in [3.05, 3.63) is 65.5 Å². The molecule has 0 aromatic heterocycles. The van der Waals surface area contributed by atoms with Gasteiger partial charge in [-0.1, -0.05) is 32.1 Å². The van der Waals surface area contributed by atoms with Crippen molar-refractivity contribution in [1.29, 1.82) is 0 Å². The van der Waals surface area contributed by atoms with Crippen LogP contribution in [0.1, 0.15) is 30.6 Å². The number of amides is 2. The predicted molar refractivity (Wildman–Crippen MR) is 120 cm³/mol. The maximum atomic E-state index is 12.8. The van der Waals surface area contributed by atoms with Gasteiger partial charge in [0.1, 0.15) is 5.70 Å². The monoisotopic (exact) mass is 457 g/mol. The van der Waals surface area contributed by atoms with Crippen LogP contribution in [0.3, 0.4) is 0 Å². The molecule has 0 aliphatic carbocycles. The van der Waals surface area contributed by atoms with Crippen molar-refractivity contribution in [2.45, 2.75) is 20.3 Å². The molecular formula is C23H27N3O7. The van der Waals surface area contributed by atoms with Crippen molar-refractivity contribution in [1.82, 2.24) is 10.9 Å². The van der Waals surface area contributed by atoms with E-state index in [-0.39, 0.29) is 29.1 Å². The Bertz CT molecular complexity index is 996. The molecule has 0 saturated heterocycles. The van der Waals surface area contributed by atoms with Crippen LogP contribution in [0.25, 0.3) is 0 Å². The van der Waals surface area contributed by atoms with E-state index in [9.17, 15) is 19.2 Å². The highest BCUT2D eigenvalue weighted by atomic mass is 16.6. The standard InChI is InChI=1S/C23H27N3O7/c1-15(2)12-14-33-23(30)25-24-20(27)16-9-5-6-11-18(16)26-13-8-7-10-17(21(28)31-3)19(26)22(29)32-4/h5-11,13,15H,12,14H2,1-4H3,(H,24,27)(H,25,30). The number of nitrogens with one attached hydrogen (secondary N) is 2. The fourth-order valence-electron chi connectivity index (χ4n) is 2.83. The van der Waals surface area contributed by atoms with E-state index in [0.717, 1.165) is 0 Å². The van der Waals surface area contributed by atoms with Crippen LogP contribution in [0.5, 0.6) is 0 Å². The molecule has 176 valence electrons. The number of carbonyl (C=O) groups is 4. The molecule has 0 fully saturated rings. The molecule has 10 heteroatoms. The van der Waals surface area contributed by atoms with Gasteiger partial charge in [-0.15, -0.1) is 0 Å². The summed E-state index contributed by atoms with van der Waals surface area (Å²) in [6.07, 6.45) is 5.92. The lowest BCUT2D eigenvalue weighted by Crippen LogP contribution is -2.42.